The number of hydrogen-bond donors (Lipinski definition) is 0. The maximum atomic E-state index is 2.40. The van der Waals surface area contributed by atoms with Crippen molar-refractivity contribution in [2.45, 2.75) is 46.0 Å². The summed E-state index contributed by atoms with van der Waals surface area (Å²) in [6.07, 6.45) is 7.14. The zero-order chi connectivity index (χ0) is 7.84. The first kappa shape index (κ1) is 7.39. The molecule has 0 aromatic heterocycles. The van der Waals surface area contributed by atoms with Gasteiger partial charge in [-0.15, -0.1) is 0 Å². The highest BCUT2D eigenvalue weighted by atomic mass is 14.3. The summed E-state index contributed by atoms with van der Waals surface area (Å²) in [7, 11) is 0. The van der Waals surface area contributed by atoms with Crippen molar-refractivity contribution in [3.8, 4) is 0 Å². The van der Waals surface area contributed by atoms with Crippen molar-refractivity contribution in [2.75, 3.05) is 0 Å². The summed E-state index contributed by atoms with van der Waals surface area (Å²) < 4.78 is 0. The molecule has 62 valence electrons. The fourth-order valence-electron chi connectivity index (χ4n) is 2.65. The zero-order valence-electron chi connectivity index (χ0n) is 7.69. The van der Waals surface area contributed by atoms with Crippen LogP contribution in [-0.4, -0.2) is 0 Å². The number of allylic oxidation sites excluding steroid dienone is 2. The van der Waals surface area contributed by atoms with E-state index in [4.69, 9.17) is 0 Å². The van der Waals surface area contributed by atoms with Gasteiger partial charge in [-0.3, -0.25) is 0 Å². The molecule has 2 aliphatic rings. The van der Waals surface area contributed by atoms with E-state index in [0.717, 1.165) is 11.8 Å². The first-order valence-corrected chi connectivity index (χ1v) is 4.98. The molecule has 0 aromatic carbocycles. The van der Waals surface area contributed by atoms with Gasteiger partial charge in [-0.2, -0.15) is 0 Å². The Balaban J connectivity index is 2.17. The highest BCUT2D eigenvalue weighted by Gasteiger charge is 2.26. The summed E-state index contributed by atoms with van der Waals surface area (Å²) in [6, 6.07) is 0. The smallest absolute Gasteiger partial charge is 0.0226 e. The first-order chi connectivity index (χ1) is 5.27. The lowest BCUT2D eigenvalue weighted by molar-refractivity contribution is 0.486. The van der Waals surface area contributed by atoms with E-state index in [1.807, 2.05) is 11.1 Å². The molecule has 0 bridgehead atoms. The van der Waals surface area contributed by atoms with Gasteiger partial charge in [0.25, 0.3) is 0 Å². The van der Waals surface area contributed by atoms with Gasteiger partial charge >= 0.3 is 0 Å². The summed E-state index contributed by atoms with van der Waals surface area (Å²) in [5, 5.41) is 0. The van der Waals surface area contributed by atoms with Crippen molar-refractivity contribution < 1.29 is 0 Å². The Kier molecular flexibility index (Phi) is 1.78. The third kappa shape index (κ3) is 1.23. The average molecular weight is 150 g/mol. The monoisotopic (exact) mass is 150 g/mol. The van der Waals surface area contributed by atoms with E-state index >= 15 is 0 Å². The molecule has 0 saturated heterocycles. The molecule has 0 heterocycles. The third-order valence-corrected chi connectivity index (χ3v) is 3.43. The summed E-state index contributed by atoms with van der Waals surface area (Å²) in [4.78, 5) is 0. The molecule has 0 saturated carbocycles. The van der Waals surface area contributed by atoms with Gasteiger partial charge in [0.15, 0.2) is 0 Å². The van der Waals surface area contributed by atoms with Crippen molar-refractivity contribution in [2.24, 2.45) is 11.8 Å². The molecule has 0 N–H and O–H groups in total. The van der Waals surface area contributed by atoms with Gasteiger partial charge in [-0.1, -0.05) is 25.0 Å². The molecule has 0 fully saturated rings. The van der Waals surface area contributed by atoms with Crippen LogP contribution in [0.3, 0.4) is 0 Å². The van der Waals surface area contributed by atoms with Gasteiger partial charge in [0, 0.05) is 0 Å². The van der Waals surface area contributed by atoms with Crippen LogP contribution in [0.1, 0.15) is 46.0 Å². The van der Waals surface area contributed by atoms with Crippen LogP contribution in [0.5, 0.6) is 0 Å². The lowest BCUT2D eigenvalue weighted by Gasteiger charge is -2.21. The lowest BCUT2D eigenvalue weighted by atomic mass is 9.84. The number of rotatable bonds is 0. The molecule has 0 nitrogen and oxygen atoms in total. The minimum atomic E-state index is 0.928. The van der Waals surface area contributed by atoms with Gasteiger partial charge in [0.1, 0.15) is 0 Å². The molecule has 0 spiro atoms. The molecule has 2 atom stereocenters. The zero-order valence-corrected chi connectivity index (χ0v) is 7.69. The summed E-state index contributed by atoms with van der Waals surface area (Å²) in [5.41, 5.74) is 3.67. The minimum Gasteiger partial charge on any atom is -0.0705 e. The highest BCUT2D eigenvalue weighted by Crippen LogP contribution is 2.42. The van der Waals surface area contributed by atoms with Gasteiger partial charge in [-0.25, -0.2) is 0 Å². The van der Waals surface area contributed by atoms with Crippen molar-refractivity contribution >= 4 is 0 Å². The third-order valence-electron chi connectivity index (χ3n) is 3.43. The lowest BCUT2D eigenvalue weighted by Crippen LogP contribution is -2.06. The fourth-order valence-corrected chi connectivity index (χ4v) is 2.65. The van der Waals surface area contributed by atoms with Crippen LogP contribution in [0.2, 0.25) is 0 Å². The topological polar surface area (TPSA) is 0 Å². The van der Waals surface area contributed by atoms with Crippen LogP contribution in [0.15, 0.2) is 11.1 Å². The van der Waals surface area contributed by atoms with Crippen LogP contribution in [-0.2, 0) is 0 Å². The highest BCUT2D eigenvalue weighted by molar-refractivity contribution is 5.24. The molecule has 1 unspecified atom stereocenters. The van der Waals surface area contributed by atoms with E-state index in [2.05, 4.69) is 13.8 Å². The molecule has 0 radical (unpaired) electrons. The second-order valence-electron chi connectivity index (χ2n) is 4.42. The maximum Gasteiger partial charge on any atom is -0.0226 e. The predicted octanol–water partition coefficient (Wildman–Crippen LogP) is 3.53. The Morgan fingerprint density at radius 1 is 1.09 bits per heavy atom. The normalized spacial score (nSPS) is 37.6. The molecule has 2 rings (SSSR count). The first-order valence-electron chi connectivity index (χ1n) is 4.98. The van der Waals surface area contributed by atoms with Crippen molar-refractivity contribution in [3.05, 3.63) is 11.1 Å². The molecule has 0 amide bonds. The second-order valence-corrected chi connectivity index (χ2v) is 4.42. The quantitative estimate of drug-likeness (QED) is 0.463. The molecule has 2 aliphatic carbocycles. The summed E-state index contributed by atoms with van der Waals surface area (Å²) >= 11 is 0. The molecule has 0 aromatic rings. The Bertz CT molecular complexity index is 188. The average Bonchev–Trinajstić information content (AvgIpc) is 2.32. The van der Waals surface area contributed by atoms with Crippen molar-refractivity contribution in [3.63, 3.8) is 0 Å². The van der Waals surface area contributed by atoms with E-state index in [-0.39, 0.29) is 0 Å². The SMILES string of the molecule is CC1CCC2=C1CC[C@H](C)C2. The molecular formula is C11H18. The van der Waals surface area contributed by atoms with Crippen molar-refractivity contribution in [1.29, 1.82) is 0 Å². The number of hydrogen-bond acceptors (Lipinski definition) is 0. The largest absolute Gasteiger partial charge is 0.0705 e. The molecule has 0 aliphatic heterocycles. The van der Waals surface area contributed by atoms with E-state index in [0.29, 0.717) is 0 Å². The minimum absolute atomic E-state index is 0.928. The molecule has 0 heteroatoms. The van der Waals surface area contributed by atoms with Crippen LogP contribution in [0.4, 0.5) is 0 Å². The van der Waals surface area contributed by atoms with E-state index in [1.165, 1.54) is 32.1 Å². The van der Waals surface area contributed by atoms with Crippen LogP contribution < -0.4 is 0 Å². The maximum absolute atomic E-state index is 2.40. The second kappa shape index (κ2) is 2.66. The van der Waals surface area contributed by atoms with Crippen molar-refractivity contribution in [1.82, 2.24) is 0 Å². The fraction of sp³-hybridized carbons (Fsp3) is 0.818. The van der Waals surface area contributed by atoms with E-state index in [9.17, 15) is 0 Å². The van der Waals surface area contributed by atoms with E-state index < -0.39 is 0 Å². The summed E-state index contributed by atoms with van der Waals surface area (Å²) in [6.45, 7) is 4.80. The molecule has 11 heavy (non-hydrogen) atoms. The molecular weight excluding hydrogens is 132 g/mol. The van der Waals surface area contributed by atoms with Crippen LogP contribution in [0, 0.1) is 11.8 Å². The summed E-state index contributed by atoms with van der Waals surface area (Å²) in [5.74, 6) is 1.90. The Morgan fingerprint density at radius 3 is 2.73 bits per heavy atom. The Morgan fingerprint density at radius 2 is 1.91 bits per heavy atom. The standard InChI is InChI=1S/C11H18/c1-8-3-6-11-9(2)4-5-10(11)7-8/h8-9H,3-7H2,1-2H3/t8-,9?/m0/s1. The van der Waals surface area contributed by atoms with Crippen LogP contribution >= 0.6 is 0 Å². The Hall–Kier alpha value is -0.260. The van der Waals surface area contributed by atoms with E-state index in [1.54, 1.807) is 0 Å². The van der Waals surface area contributed by atoms with Gasteiger partial charge in [-0.05, 0) is 43.9 Å². The predicted molar refractivity (Wildman–Crippen MR) is 48.4 cm³/mol. The van der Waals surface area contributed by atoms with Gasteiger partial charge in [0.2, 0.25) is 0 Å². The van der Waals surface area contributed by atoms with Gasteiger partial charge in [0.05, 0.1) is 0 Å². The Labute approximate surface area is 69.7 Å². The van der Waals surface area contributed by atoms with Gasteiger partial charge < -0.3 is 0 Å². The van der Waals surface area contributed by atoms with Crippen LogP contribution in [0.25, 0.3) is 0 Å².